The number of carbonyl (C=O) groups is 3. The molecule has 2 N–H and O–H groups in total. The van der Waals surface area contributed by atoms with E-state index in [4.69, 9.17) is 0 Å². The first-order chi connectivity index (χ1) is 22.0. The van der Waals surface area contributed by atoms with Gasteiger partial charge in [0.25, 0.3) is 0 Å². The van der Waals surface area contributed by atoms with E-state index >= 15 is 0 Å². The molecule has 0 radical (unpaired) electrons. The molecule has 4 aromatic rings. The van der Waals surface area contributed by atoms with Crippen molar-refractivity contribution in [3.8, 4) is 0 Å². The number of amides is 3. The topological polar surface area (TPSA) is 159 Å². The fourth-order valence-corrected chi connectivity index (χ4v) is 6.87. The van der Waals surface area contributed by atoms with Gasteiger partial charge in [-0.05, 0) is 50.5 Å². The molecule has 2 atom stereocenters. The molecule has 1 aliphatic rings. The van der Waals surface area contributed by atoms with E-state index in [0.717, 1.165) is 47.2 Å². The summed E-state index contributed by atoms with van der Waals surface area (Å²) in [5.74, 6) is 0.973. The fraction of sp³-hybridized carbons (Fsp3) is 0.387. The van der Waals surface area contributed by atoms with Crippen molar-refractivity contribution in [1.29, 1.82) is 0 Å². The number of aromatic nitrogens is 6. The molecule has 1 saturated carbocycles. The van der Waals surface area contributed by atoms with Crippen molar-refractivity contribution in [2.45, 2.75) is 64.2 Å². The quantitative estimate of drug-likeness (QED) is 0.226. The Hall–Kier alpha value is -4.63. The first-order valence-electron chi connectivity index (χ1n) is 14.9. The highest BCUT2D eigenvalue weighted by molar-refractivity contribution is 7.15. The average molecular weight is 661 g/mol. The second-order valence-electron chi connectivity index (χ2n) is 11.2. The largest absolute Gasteiger partial charge is 0.334 e. The summed E-state index contributed by atoms with van der Waals surface area (Å²) in [7, 11) is 3.52. The fourth-order valence-electron chi connectivity index (χ4n) is 5.06. The van der Waals surface area contributed by atoms with E-state index in [1.807, 2.05) is 37.1 Å². The van der Waals surface area contributed by atoms with Crippen molar-refractivity contribution in [1.82, 2.24) is 30.4 Å². The minimum absolute atomic E-state index is 0.0468. The van der Waals surface area contributed by atoms with Crippen LogP contribution in [0.25, 0.3) is 0 Å². The Morgan fingerprint density at radius 2 is 1.26 bits per heavy atom. The minimum Gasteiger partial charge on any atom is -0.334 e. The zero-order chi connectivity index (χ0) is 32.8. The van der Waals surface area contributed by atoms with Crippen LogP contribution in [0.15, 0.2) is 48.7 Å². The predicted molar refractivity (Wildman–Crippen MR) is 179 cm³/mol. The van der Waals surface area contributed by atoms with E-state index in [1.165, 1.54) is 34.5 Å². The molecule has 1 fully saturated rings. The lowest BCUT2D eigenvalue weighted by atomic mass is 9.82. The maximum Gasteiger partial charge on any atom is 0.232 e. The second kappa shape index (κ2) is 14.6. The van der Waals surface area contributed by atoms with Gasteiger partial charge in [0.15, 0.2) is 0 Å². The molecule has 0 bridgehead atoms. The van der Waals surface area contributed by atoms with Gasteiger partial charge in [0, 0.05) is 38.6 Å². The Balaban J connectivity index is 1.14. The van der Waals surface area contributed by atoms with Gasteiger partial charge >= 0.3 is 0 Å². The Bertz CT molecular complexity index is 1610. The van der Waals surface area contributed by atoms with Crippen LogP contribution in [0.1, 0.15) is 72.8 Å². The molecule has 3 amide bonds. The van der Waals surface area contributed by atoms with Crippen molar-refractivity contribution in [3.05, 3.63) is 70.1 Å². The lowest BCUT2D eigenvalue weighted by Gasteiger charge is -2.25. The summed E-state index contributed by atoms with van der Waals surface area (Å²) in [6.45, 7) is 7.29. The molecule has 5 rings (SSSR count). The summed E-state index contributed by atoms with van der Waals surface area (Å²) in [6, 6.07) is 10.8. The van der Waals surface area contributed by atoms with E-state index < -0.39 is 0 Å². The molecule has 4 heterocycles. The summed E-state index contributed by atoms with van der Waals surface area (Å²) in [5.41, 5.74) is 2.05. The number of carbonyl (C=O) groups excluding carboxylic acids is 3. The molecule has 0 aliphatic heterocycles. The first kappa shape index (κ1) is 32.8. The Morgan fingerprint density at radius 3 is 1.72 bits per heavy atom. The van der Waals surface area contributed by atoms with Gasteiger partial charge in [-0.15, -0.1) is 20.4 Å². The van der Waals surface area contributed by atoms with E-state index in [0.29, 0.717) is 27.5 Å². The Labute approximate surface area is 275 Å². The summed E-state index contributed by atoms with van der Waals surface area (Å²) in [5, 5.41) is 25.6. The van der Waals surface area contributed by atoms with Gasteiger partial charge in [0.2, 0.25) is 28.0 Å². The van der Waals surface area contributed by atoms with Crippen molar-refractivity contribution in [2.75, 3.05) is 34.5 Å². The molecule has 46 heavy (non-hydrogen) atoms. The molecule has 1 aliphatic carbocycles. The van der Waals surface area contributed by atoms with Gasteiger partial charge in [0.05, 0.1) is 24.2 Å². The van der Waals surface area contributed by atoms with Crippen LogP contribution in [-0.4, -0.2) is 62.2 Å². The zero-order valence-electron chi connectivity index (χ0n) is 26.2. The molecule has 13 nitrogen and oxygen atoms in total. The lowest BCUT2D eigenvalue weighted by molar-refractivity contribution is -0.116. The monoisotopic (exact) mass is 660 g/mol. The van der Waals surface area contributed by atoms with Crippen LogP contribution < -0.4 is 20.4 Å². The lowest BCUT2D eigenvalue weighted by Crippen LogP contribution is -2.24. The predicted octanol–water partition coefficient (Wildman–Crippen LogP) is 4.94. The number of hydrogen-bond acceptors (Lipinski definition) is 12. The van der Waals surface area contributed by atoms with E-state index in [9.17, 15) is 14.4 Å². The number of rotatable bonds is 11. The Morgan fingerprint density at radius 1 is 0.783 bits per heavy atom. The smallest absolute Gasteiger partial charge is 0.232 e. The number of nitrogens with one attached hydrogen (secondary N) is 2. The minimum atomic E-state index is -0.259. The number of hydrogen-bond donors (Lipinski definition) is 2. The summed E-state index contributed by atoms with van der Waals surface area (Å²) in [6.07, 6.45) is 3.93. The maximum absolute atomic E-state index is 12.8. The maximum atomic E-state index is 12.8. The molecule has 0 saturated heterocycles. The molecular weight excluding hydrogens is 625 g/mol. The van der Waals surface area contributed by atoms with E-state index in [1.54, 1.807) is 25.2 Å². The third-order valence-electron chi connectivity index (χ3n) is 7.75. The third kappa shape index (κ3) is 8.34. The van der Waals surface area contributed by atoms with Crippen molar-refractivity contribution < 1.29 is 14.4 Å². The number of anilines is 4. The van der Waals surface area contributed by atoms with Gasteiger partial charge in [-0.1, -0.05) is 47.8 Å². The molecule has 0 spiro atoms. The normalized spacial score (nSPS) is 16.0. The van der Waals surface area contributed by atoms with Crippen LogP contribution in [0, 0.1) is 0 Å². The summed E-state index contributed by atoms with van der Waals surface area (Å²) >= 11 is 2.77. The van der Waals surface area contributed by atoms with E-state index in [2.05, 4.69) is 47.6 Å². The van der Waals surface area contributed by atoms with Crippen LogP contribution in [0.2, 0.25) is 0 Å². The number of nitrogens with zero attached hydrogens (tertiary/aromatic N) is 8. The van der Waals surface area contributed by atoms with Gasteiger partial charge in [-0.2, -0.15) is 0 Å². The molecule has 0 unspecified atom stereocenters. The van der Waals surface area contributed by atoms with Gasteiger partial charge in [0.1, 0.15) is 21.7 Å². The highest BCUT2D eigenvalue weighted by Crippen LogP contribution is 2.43. The van der Waals surface area contributed by atoms with E-state index in [-0.39, 0.29) is 42.4 Å². The van der Waals surface area contributed by atoms with Crippen LogP contribution in [0.4, 0.5) is 21.9 Å². The molecule has 240 valence electrons. The highest BCUT2D eigenvalue weighted by Gasteiger charge is 2.29. The van der Waals surface area contributed by atoms with Gasteiger partial charge in [-0.3, -0.25) is 14.4 Å². The van der Waals surface area contributed by atoms with Crippen LogP contribution >= 0.6 is 22.7 Å². The third-order valence-corrected chi connectivity index (χ3v) is 9.75. The van der Waals surface area contributed by atoms with Crippen LogP contribution in [0.5, 0.6) is 0 Å². The average Bonchev–Trinajstić information content (AvgIpc) is 3.70. The number of allylic oxidation sites excluding steroid dienone is 1. The molecule has 4 aromatic heterocycles. The van der Waals surface area contributed by atoms with Gasteiger partial charge < -0.3 is 20.4 Å². The SMILES string of the molecule is C=C(C)N(C)c1cccc(CC(=O)Nc2nnc([C@H]3CCC[C@H](c4nnc(NC(=O)Cc5cccc(N(C)C(C)=O)n5)s4)C3)s2)n1. The summed E-state index contributed by atoms with van der Waals surface area (Å²) < 4.78 is 0. The highest BCUT2D eigenvalue weighted by atomic mass is 32.1. The van der Waals surface area contributed by atoms with Crippen LogP contribution in [0.3, 0.4) is 0 Å². The Kier molecular flexibility index (Phi) is 10.4. The molecular formula is C31H36N10O3S2. The standard InChI is InChI=1S/C31H36N10O3S2/c1-18(2)40(4)24-13-7-11-22(32-24)16-26(43)34-30-38-36-28(45-30)20-9-6-10-21(15-20)29-37-39-31(46-29)35-27(44)17-23-12-8-14-25(33-23)41(5)19(3)42/h7-8,11-14,20-21H,1,6,9-10,15-17H2,2-5H3,(H,34,38,43)(H,35,39,44)/t20-,21-/m0/s1. The van der Waals surface area contributed by atoms with Gasteiger partial charge in [-0.25, -0.2) is 9.97 Å². The number of pyridine rings is 2. The molecule has 15 heteroatoms. The van der Waals surface area contributed by atoms with Crippen molar-refractivity contribution >= 4 is 62.3 Å². The van der Waals surface area contributed by atoms with Crippen molar-refractivity contribution in [3.63, 3.8) is 0 Å². The van der Waals surface area contributed by atoms with Crippen LogP contribution in [-0.2, 0) is 27.2 Å². The first-order valence-corrected chi connectivity index (χ1v) is 16.5. The second-order valence-corrected chi connectivity index (χ2v) is 13.3. The summed E-state index contributed by atoms with van der Waals surface area (Å²) in [4.78, 5) is 49.4. The van der Waals surface area contributed by atoms with Crippen molar-refractivity contribution in [2.24, 2.45) is 0 Å². The molecule has 0 aromatic carbocycles. The zero-order valence-corrected chi connectivity index (χ0v) is 27.8.